The van der Waals surface area contributed by atoms with Gasteiger partial charge in [-0.1, -0.05) is 6.92 Å². The van der Waals surface area contributed by atoms with E-state index < -0.39 is 0 Å². The van der Waals surface area contributed by atoms with Crippen molar-refractivity contribution < 1.29 is 4.79 Å². The Bertz CT molecular complexity index is 380. The molecule has 0 saturated carbocycles. The molecule has 1 aliphatic rings. The minimum atomic E-state index is 0. The lowest BCUT2D eigenvalue weighted by atomic mass is 10.2. The molecule has 2 N–H and O–H groups in total. The number of pyridine rings is 1. The number of likely N-dealkylation sites (tertiary alicyclic amines) is 1. The van der Waals surface area contributed by atoms with E-state index in [1.807, 2.05) is 11.0 Å². The number of nitrogen functional groups attached to an aromatic ring is 1. The third-order valence-corrected chi connectivity index (χ3v) is 2.96. The minimum absolute atomic E-state index is 0. The number of carbonyl (C=O) groups excluding carboxylic acids is 1. The van der Waals surface area contributed by atoms with E-state index in [0.717, 1.165) is 25.2 Å². The van der Waals surface area contributed by atoms with Crippen LogP contribution in [0.15, 0.2) is 18.3 Å². The molecule has 1 fully saturated rings. The third kappa shape index (κ3) is 3.60. The summed E-state index contributed by atoms with van der Waals surface area (Å²) in [6, 6.07) is 3.59. The van der Waals surface area contributed by atoms with Crippen LogP contribution in [0.5, 0.6) is 0 Å². The molecule has 0 aromatic carbocycles. The molecule has 0 radical (unpaired) electrons. The van der Waals surface area contributed by atoms with Gasteiger partial charge < -0.3 is 10.6 Å². The van der Waals surface area contributed by atoms with E-state index >= 15 is 0 Å². The largest absolute Gasteiger partial charge is 0.397 e. The average Bonchev–Trinajstić information content (AvgIpc) is 2.68. The fourth-order valence-corrected chi connectivity index (χ4v) is 1.97. The van der Waals surface area contributed by atoms with Gasteiger partial charge in [-0.2, -0.15) is 0 Å². The molecule has 1 unspecified atom stereocenters. The van der Waals surface area contributed by atoms with E-state index in [2.05, 4.69) is 11.9 Å². The zero-order chi connectivity index (χ0) is 11.5. The summed E-state index contributed by atoms with van der Waals surface area (Å²) >= 11 is 0. The average molecular weight is 256 g/mol. The van der Waals surface area contributed by atoms with Crippen LogP contribution in [0.1, 0.15) is 19.0 Å². The van der Waals surface area contributed by atoms with Gasteiger partial charge in [-0.05, 0) is 24.5 Å². The molecule has 4 nitrogen and oxygen atoms in total. The number of halogens is 1. The molecular weight excluding hydrogens is 238 g/mol. The summed E-state index contributed by atoms with van der Waals surface area (Å²) in [5.41, 5.74) is 6.96. The summed E-state index contributed by atoms with van der Waals surface area (Å²) in [4.78, 5) is 18.0. The quantitative estimate of drug-likeness (QED) is 0.871. The van der Waals surface area contributed by atoms with Gasteiger partial charge in [0.05, 0.1) is 18.3 Å². The Kier molecular flexibility index (Phi) is 4.75. The summed E-state index contributed by atoms with van der Waals surface area (Å²) < 4.78 is 0. The Morgan fingerprint density at radius 1 is 1.59 bits per heavy atom. The number of amides is 1. The van der Waals surface area contributed by atoms with Gasteiger partial charge >= 0.3 is 0 Å². The van der Waals surface area contributed by atoms with Gasteiger partial charge in [-0.25, -0.2) is 0 Å². The molecule has 1 aliphatic heterocycles. The first-order valence-corrected chi connectivity index (χ1v) is 5.63. The zero-order valence-electron chi connectivity index (χ0n) is 9.93. The number of anilines is 1. The molecule has 1 atom stereocenters. The molecule has 1 amide bonds. The fourth-order valence-electron chi connectivity index (χ4n) is 1.97. The SMILES string of the molecule is CC1CCN(C(=O)Cc2ccc(N)cn2)C1.Cl. The Morgan fingerprint density at radius 3 is 2.88 bits per heavy atom. The molecule has 94 valence electrons. The zero-order valence-corrected chi connectivity index (χ0v) is 10.7. The predicted octanol–water partition coefficient (Wildman–Crippen LogP) is 1.50. The van der Waals surface area contributed by atoms with E-state index in [4.69, 9.17) is 5.73 Å². The molecule has 2 heterocycles. The van der Waals surface area contributed by atoms with Gasteiger partial charge in [0, 0.05) is 18.8 Å². The van der Waals surface area contributed by atoms with Gasteiger partial charge in [0.15, 0.2) is 0 Å². The van der Waals surface area contributed by atoms with Crippen molar-refractivity contribution in [2.24, 2.45) is 5.92 Å². The Labute approximate surface area is 108 Å². The summed E-state index contributed by atoms with van der Waals surface area (Å²) in [5.74, 6) is 0.796. The Balaban J connectivity index is 0.00000144. The Hall–Kier alpha value is -1.29. The molecule has 1 saturated heterocycles. The summed E-state index contributed by atoms with van der Waals surface area (Å²) in [5, 5.41) is 0. The van der Waals surface area contributed by atoms with Crippen LogP contribution in [0.3, 0.4) is 0 Å². The maximum Gasteiger partial charge on any atom is 0.228 e. The van der Waals surface area contributed by atoms with Crippen LogP contribution in [-0.2, 0) is 11.2 Å². The normalized spacial score (nSPS) is 18.9. The van der Waals surface area contributed by atoms with E-state index in [-0.39, 0.29) is 18.3 Å². The van der Waals surface area contributed by atoms with Crippen LogP contribution in [0, 0.1) is 5.92 Å². The number of aromatic nitrogens is 1. The fraction of sp³-hybridized carbons (Fsp3) is 0.500. The van der Waals surface area contributed by atoms with E-state index in [0.29, 0.717) is 18.0 Å². The number of hydrogen-bond donors (Lipinski definition) is 1. The molecule has 2 rings (SSSR count). The number of carbonyl (C=O) groups is 1. The van der Waals surface area contributed by atoms with Crippen LogP contribution < -0.4 is 5.73 Å². The lowest BCUT2D eigenvalue weighted by Crippen LogP contribution is -2.30. The number of nitrogens with two attached hydrogens (primary N) is 1. The van der Waals surface area contributed by atoms with Crippen molar-refractivity contribution in [3.05, 3.63) is 24.0 Å². The van der Waals surface area contributed by atoms with E-state index in [1.165, 1.54) is 0 Å². The van der Waals surface area contributed by atoms with Gasteiger partial charge in [-0.15, -0.1) is 12.4 Å². The second-order valence-electron chi connectivity index (χ2n) is 4.49. The molecule has 1 aromatic heterocycles. The van der Waals surface area contributed by atoms with E-state index in [9.17, 15) is 4.79 Å². The lowest BCUT2D eigenvalue weighted by Gasteiger charge is -2.15. The number of hydrogen-bond acceptors (Lipinski definition) is 3. The van der Waals surface area contributed by atoms with Crippen LogP contribution >= 0.6 is 12.4 Å². The van der Waals surface area contributed by atoms with Crippen LogP contribution in [0.2, 0.25) is 0 Å². The van der Waals surface area contributed by atoms with Gasteiger partial charge in [-0.3, -0.25) is 9.78 Å². The van der Waals surface area contributed by atoms with Crippen molar-refractivity contribution >= 4 is 24.0 Å². The van der Waals surface area contributed by atoms with Gasteiger partial charge in [0.2, 0.25) is 5.91 Å². The summed E-state index contributed by atoms with van der Waals surface area (Å²) in [6.45, 7) is 3.94. The highest BCUT2D eigenvalue weighted by atomic mass is 35.5. The molecular formula is C12H18ClN3O. The molecule has 5 heteroatoms. The van der Waals surface area contributed by atoms with Crippen molar-refractivity contribution in [1.29, 1.82) is 0 Å². The topological polar surface area (TPSA) is 59.2 Å². The van der Waals surface area contributed by atoms with Gasteiger partial charge in [0.25, 0.3) is 0 Å². The monoisotopic (exact) mass is 255 g/mol. The van der Waals surface area contributed by atoms with Gasteiger partial charge in [0.1, 0.15) is 0 Å². The predicted molar refractivity (Wildman–Crippen MR) is 70.0 cm³/mol. The lowest BCUT2D eigenvalue weighted by molar-refractivity contribution is -0.129. The highest BCUT2D eigenvalue weighted by Gasteiger charge is 2.23. The van der Waals surface area contributed by atoms with Crippen molar-refractivity contribution in [3.63, 3.8) is 0 Å². The van der Waals surface area contributed by atoms with Crippen LogP contribution in [0.25, 0.3) is 0 Å². The van der Waals surface area contributed by atoms with Crippen LogP contribution in [0.4, 0.5) is 5.69 Å². The second kappa shape index (κ2) is 5.87. The number of rotatable bonds is 2. The number of nitrogens with zero attached hydrogens (tertiary/aromatic N) is 2. The van der Waals surface area contributed by atoms with Crippen molar-refractivity contribution in [1.82, 2.24) is 9.88 Å². The maximum atomic E-state index is 11.9. The first-order chi connectivity index (χ1) is 7.65. The molecule has 1 aromatic rings. The van der Waals surface area contributed by atoms with E-state index in [1.54, 1.807) is 12.3 Å². The summed E-state index contributed by atoms with van der Waals surface area (Å²) in [7, 11) is 0. The van der Waals surface area contributed by atoms with Crippen molar-refractivity contribution in [2.45, 2.75) is 19.8 Å². The Morgan fingerprint density at radius 2 is 2.35 bits per heavy atom. The first kappa shape index (κ1) is 13.8. The molecule has 0 spiro atoms. The van der Waals surface area contributed by atoms with Crippen LogP contribution in [-0.4, -0.2) is 28.9 Å². The minimum Gasteiger partial charge on any atom is -0.397 e. The standard InChI is InChI=1S/C12H17N3O.ClH/c1-9-4-5-15(8-9)12(16)6-11-3-2-10(13)7-14-11;/h2-3,7,9H,4-6,8,13H2,1H3;1H. The summed E-state index contributed by atoms with van der Waals surface area (Å²) in [6.07, 6.45) is 3.09. The molecule has 0 bridgehead atoms. The second-order valence-corrected chi connectivity index (χ2v) is 4.49. The molecule has 17 heavy (non-hydrogen) atoms. The highest BCUT2D eigenvalue weighted by molar-refractivity contribution is 5.85. The maximum absolute atomic E-state index is 11.9. The first-order valence-electron chi connectivity index (χ1n) is 5.63. The van der Waals surface area contributed by atoms with Crippen molar-refractivity contribution in [3.8, 4) is 0 Å². The smallest absolute Gasteiger partial charge is 0.228 e. The highest BCUT2D eigenvalue weighted by Crippen LogP contribution is 2.16. The molecule has 0 aliphatic carbocycles. The van der Waals surface area contributed by atoms with Crippen molar-refractivity contribution in [2.75, 3.05) is 18.8 Å². The third-order valence-electron chi connectivity index (χ3n) is 2.96.